The topological polar surface area (TPSA) is 55.5 Å². The van der Waals surface area contributed by atoms with Crippen LogP contribution in [0.2, 0.25) is 0 Å². The lowest BCUT2D eigenvalue weighted by Crippen LogP contribution is -2.25. The second-order valence-corrected chi connectivity index (χ2v) is 4.44. The van der Waals surface area contributed by atoms with Crippen molar-refractivity contribution in [2.24, 2.45) is 5.92 Å². The van der Waals surface area contributed by atoms with Crippen LogP contribution in [0.1, 0.15) is 44.7 Å². The second kappa shape index (κ2) is 5.34. The van der Waals surface area contributed by atoms with E-state index in [0.717, 1.165) is 18.8 Å². The third-order valence-corrected chi connectivity index (χ3v) is 3.27. The molecule has 1 aromatic rings. The third-order valence-electron chi connectivity index (χ3n) is 3.27. The first-order chi connectivity index (χ1) is 7.81. The van der Waals surface area contributed by atoms with Gasteiger partial charge in [0.25, 0.3) is 0 Å². The van der Waals surface area contributed by atoms with E-state index in [1.165, 1.54) is 25.5 Å². The molecular formula is C12H19NO3. The van der Waals surface area contributed by atoms with Crippen LogP contribution in [0.5, 0.6) is 6.08 Å². The molecule has 1 fully saturated rings. The van der Waals surface area contributed by atoms with Crippen molar-refractivity contribution in [3.05, 3.63) is 12.0 Å². The molecule has 0 bridgehead atoms. The molecule has 0 saturated heterocycles. The van der Waals surface area contributed by atoms with Crippen molar-refractivity contribution in [3.8, 4) is 6.08 Å². The fourth-order valence-electron chi connectivity index (χ4n) is 2.28. The van der Waals surface area contributed by atoms with Crippen molar-refractivity contribution < 1.29 is 14.3 Å². The molecular weight excluding hydrogens is 206 g/mol. The minimum Gasteiger partial charge on any atom is -0.447 e. The molecule has 1 aliphatic carbocycles. The van der Waals surface area contributed by atoms with Crippen LogP contribution in [-0.4, -0.2) is 16.2 Å². The molecule has 1 aliphatic rings. The number of nitrogens with zero attached hydrogens (tertiary/aromatic N) is 1. The molecule has 4 heteroatoms. The van der Waals surface area contributed by atoms with Gasteiger partial charge >= 0.3 is 6.08 Å². The molecule has 2 rings (SSSR count). The number of hydrogen-bond acceptors (Lipinski definition) is 4. The lowest BCUT2D eigenvalue weighted by molar-refractivity contribution is 0.0886. The van der Waals surface area contributed by atoms with E-state index in [4.69, 9.17) is 14.3 Å². The van der Waals surface area contributed by atoms with E-state index in [2.05, 4.69) is 11.9 Å². The summed E-state index contributed by atoms with van der Waals surface area (Å²) in [5.74, 6) is 0.769. The highest BCUT2D eigenvalue weighted by molar-refractivity contribution is 4.98. The fraction of sp³-hybridized carbons (Fsp3) is 0.750. The zero-order valence-corrected chi connectivity index (χ0v) is 9.69. The van der Waals surface area contributed by atoms with E-state index < -0.39 is 0 Å². The Morgan fingerprint density at radius 2 is 2.44 bits per heavy atom. The fourth-order valence-corrected chi connectivity index (χ4v) is 2.28. The van der Waals surface area contributed by atoms with Crippen molar-refractivity contribution in [1.29, 1.82) is 0 Å². The van der Waals surface area contributed by atoms with Crippen LogP contribution in [0.25, 0.3) is 0 Å². The van der Waals surface area contributed by atoms with E-state index in [9.17, 15) is 0 Å². The predicted molar refractivity (Wildman–Crippen MR) is 59.1 cm³/mol. The van der Waals surface area contributed by atoms with Gasteiger partial charge in [-0.25, -0.2) is 0 Å². The summed E-state index contributed by atoms with van der Waals surface area (Å²) in [5, 5.41) is 8.86. The normalized spacial score (nSPS) is 25.6. The molecule has 1 N–H and O–H groups in total. The average Bonchev–Trinajstić information content (AvgIpc) is 2.77. The van der Waals surface area contributed by atoms with Gasteiger partial charge in [-0.2, -0.15) is 4.98 Å². The first kappa shape index (κ1) is 11.5. The molecule has 1 heterocycles. The molecule has 2 atom stereocenters. The maximum absolute atomic E-state index is 8.86. The largest absolute Gasteiger partial charge is 0.447 e. The van der Waals surface area contributed by atoms with Gasteiger partial charge in [0.1, 0.15) is 18.1 Å². The quantitative estimate of drug-likeness (QED) is 0.855. The molecule has 0 amide bonds. The van der Waals surface area contributed by atoms with Crippen LogP contribution in [0.4, 0.5) is 0 Å². The van der Waals surface area contributed by atoms with Crippen molar-refractivity contribution in [1.82, 2.24) is 4.98 Å². The summed E-state index contributed by atoms with van der Waals surface area (Å²) in [4.78, 5) is 4.03. The lowest BCUT2D eigenvalue weighted by atomic mass is 9.86. The van der Waals surface area contributed by atoms with Crippen LogP contribution in [0, 0.1) is 5.92 Å². The smallest absolute Gasteiger partial charge is 0.394 e. The Morgan fingerprint density at radius 1 is 1.56 bits per heavy atom. The van der Waals surface area contributed by atoms with Gasteiger partial charge in [0.15, 0.2) is 0 Å². The number of aromatic nitrogens is 1. The highest BCUT2D eigenvalue weighted by Crippen LogP contribution is 2.29. The van der Waals surface area contributed by atoms with Crippen molar-refractivity contribution in [2.45, 2.75) is 51.7 Å². The molecule has 1 saturated carbocycles. The Hall–Kier alpha value is -1.03. The van der Waals surface area contributed by atoms with Gasteiger partial charge in [-0.15, -0.1) is 0 Å². The summed E-state index contributed by atoms with van der Waals surface area (Å²) >= 11 is 0. The van der Waals surface area contributed by atoms with E-state index in [-0.39, 0.29) is 12.7 Å². The lowest BCUT2D eigenvalue weighted by Gasteiger charge is -2.27. The number of hydrogen-bond donors (Lipinski definition) is 1. The number of aliphatic hydroxyl groups is 1. The summed E-state index contributed by atoms with van der Waals surface area (Å²) < 4.78 is 10.8. The molecule has 90 valence electrons. The minimum absolute atomic E-state index is 0.102. The van der Waals surface area contributed by atoms with Gasteiger partial charge in [-0.1, -0.05) is 19.8 Å². The zero-order valence-electron chi connectivity index (χ0n) is 9.69. The maximum atomic E-state index is 8.86. The standard InChI is InChI=1S/C12H19NO3/c1-2-9-4-3-5-11(6-9)16-12-13-10(7-14)8-15-12/h8-9,11,14H,2-7H2,1H3. The van der Waals surface area contributed by atoms with Gasteiger partial charge in [-0.3, -0.25) is 0 Å². The van der Waals surface area contributed by atoms with Gasteiger partial charge in [0.05, 0.1) is 6.61 Å². The van der Waals surface area contributed by atoms with Crippen LogP contribution < -0.4 is 4.74 Å². The summed E-state index contributed by atoms with van der Waals surface area (Å²) in [6.45, 7) is 2.12. The van der Waals surface area contributed by atoms with Crippen LogP contribution in [-0.2, 0) is 6.61 Å². The van der Waals surface area contributed by atoms with E-state index in [1.54, 1.807) is 0 Å². The van der Waals surface area contributed by atoms with E-state index in [1.807, 2.05) is 0 Å². The Labute approximate surface area is 95.6 Å². The number of ether oxygens (including phenoxy) is 1. The monoisotopic (exact) mass is 225 g/mol. The first-order valence-electron chi connectivity index (χ1n) is 6.03. The molecule has 4 nitrogen and oxygen atoms in total. The first-order valence-corrected chi connectivity index (χ1v) is 6.03. The second-order valence-electron chi connectivity index (χ2n) is 4.44. The summed E-state index contributed by atoms with van der Waals surface area (Å²) in [7, 11) is 0. The minimum atomic E-state index is -0.102. The van der Waals surface area contributed by atoms with Crippen molar-refractivity contribution in [2.75, 3.05) is 0 Å². The van der Waals surface area contributed by atoms with E-state index >= 15 is 0 Å². The van der Waals surface area contributed by atoms with Gasteiger partial charge < -0.3 is 14.3 Å². The highest BCUT2D eigenvalue weighted by Gasteiger charge is 2.23. The van der Waals surface area contributed by atoms with Crippen LogP contribution >= 0.6 is 0 Å². The number of oxazole rings is 1. The third kappa shape index (κ3) is 2.76. The molecule has 0 radical (unpaired) electrons. The van der Waals surface area contributed by atoms with Gasteiger partial charge in [0, 0.05) is 0 Å². The molecule has 0 spiro atoms. The summed E-state index contributed by atoms with van der Waals surface area (Å²) in [6, 6.07) is 0. The highest BCUT2D eigenvalue weighted by atomic mass is 16.6. The Balaban J connectivity index is 1.88. The Kier molecular flexibility index (Phi) is 3.83. The molecule has 0 aliphatic heterocycles. The van der Waals surface area contributed by atoms with Crippen molar-refractivity contribution in [3.63, 3.8) is 0 Å². The molecule has 1 aromatic heterocycles. The van der Waals surface area contributed by atoms with Gasteiger partial charge in [0.2, 0.25) is 0 Å². The van der Waals surface area contributed by atoms with Crippen LogP contribution in [0.3, 0.4) is 0 Å². The predicted octanol–water partition coefficient (Wildman–Crippen LogP) is 2.51. The van der Waals surface area contributed by atoms with Gasteiger partial charge in [-0.05, 0) is 25.2 Å². The van der Waals surface area contributed by atoms with E-state index in [0.29, 0.717) is 11.8 Å². The summed E-state index contributed by atoms with van der Waals surface area (Å²) in [6.07, 6.45) is 7.87. The Bertz CT molecular complexity index is 324. The number of aliphatic hydroxyl groups excluding tert-OH is 1. The Morgan fingerprint density at radius 3 is 3.12 bits per heavy atom. The van der Waals surface area contributed by atoms with Crippen molar-refractivity contribution >= 4 is 0 Å². The zero-order chi connectivity index (χ0) is 11.4. The maximum Gasteiger partial charge on any atom is 0.394 e. The number of rotatable bonds is 4. The SMILES string of the molecule is CCC1CCCC(Oc2nc(CO)co2)C1. The molecule has 2 unspecified atom stereocenters. The van der Waals surface area contributed by atoms with Crippen LogP contribution in [0.15, 0.2) is 10.7 Å². The summed E-state index contributed by atoms with van der Waals surface area (Å²) in [5.41, 5.74) is 0.526. The molecule has 0 aromatic carbocycles. The average molecular weight is 225 g/mol. The molecule has 16 heavy (non-hydrogen) atoms.